The summed E-state index contributed by atoms with van der Waals surface area (Å²) in [5, 5.41) is 0. The van der Waals surface area contributed by atoms with Crippen LogP contribution in [-0.4, -0.2) is 44.4 Å². The molecule has 0 rings (SSSR count). The van der Waals surface area contributed by atoms with Gasteiger partial charge in [-0.15, -0.1) is 0 Å². The fourth-order valence-corrected chi connectivity index (χ4v) is 4.61. The van der Waals surface area contributed by atoms with Crippen LogP contribution >= 0.6 is 0 Å². The molecule has 0 N–H and O–H groups in total. The summed E-state index contributed by atoms with van der Waals surface area (Å²) in [4.78, 5) is 18.4. The van der Waals surface area contributed by atoms with E-state index in [0.29, 0.717) is 0 Å². The predicted octanol–water partition coefficient (Wildman–Crippen LogP) is 7.14. The Morgan fingerprint density at radius 2 is 0.966 bits per heavy atom. The van der Waals surface area contributed by atoms with Crippen LogP contribution in [-0.2, 0) is 4.79 Å². The minimum Gasteiger partial charge on any atom is -0.333 e. The van der Waals surface area contributed by atoms with E-state index in [4.69, 9.17) is 0 Å². The summed E-state index contributed by atoms with van der Waals surface area (Å²) < 4.78 is 0. The molecule has 1 amide bonds. The van der Waals surface area contributed by atoms with E-state index in [1.165, 1.54) is 0 Å². The number of rotatable bonds is 6. The molecule has 0 spiro atoms. The zero-order chi connectivity index (χ0) is 23.9. The molecule has 0 aromatic rings. The Morgan fingerprint density at radius 1 is 0.586 bits per heavy atom. The van der Waals surface area contributed by atoms with E-state index in [0.717, 1.165) is 19.4 Å². The molecule has 0 aliphatic rings. The van der Waals surface area contributed by atoms with Crippen molar-refractivity contribution >= 4 is 5.91 Å². The molecule has 0 aromatic heterocycles. The minimum atomic E-state index is -0.400. The number of amides is 1. The lowest BCUT2D eigenvalue weighted by atomic mass is 9.77. The quantitative estimate of drug-likeness (QED) is 0.464. The van der Waals surface area contributed by atoms with Crippen LogP contribution < -0.4 is 0 Å². The summed E-state index contributed by atoms with van der Waals surface area (Å²) >= 11 is 0. The number of nitrogens with zero attached hydrogens (tertiary/aromatic N) is 2. The van der Waals surface area contributed by atoms with Crippen LogP contribution in [0.2, 0.25) is 0 Å². The zero-order valence-corrected chi connectivity index (χ0v) is 22.9. The average Bonchev–Trinajstić information content (AvgIpc) is 2.37. The molecule has 0 fully saturated rings. The van der Waals surface area contributed by atoms with Gasteiger partial charge >= 0.3 is 0 Å². The van der Waals surface area contributed by atoms with Gasteiger partial charge in [0.1, 0.15) is 0 Å². The molecular weight excluding hydrogens is 356 g/mol. The Balaban J connectivity index is 5.70. The molecule has 0 atom stereocenters. The highest BCUT2D eigenvalue weighted by Gasteiger charge is 2.44. The highest BCUT2D eigenvalue weighted by molar-refractivity contribution is 5.83. The molecule has 3 nitrogen and oxygen atoms in total. The summed E-state index contributed by atoms with van der Waals surface area (Å²) in [6.07, 6.45) is 1.86. The van der Waals surface area contributed by atoms with Gasteiger partial charge in [-0.2, -0.15) is 0 Å². The Hall–Kier alpha value is -0.570. The van der Waals surface area contributed by atoms with E-state index in [-0.39, 0.29) is 33.5 Å². The first kappa shape index (κ1) is 28.4. The van der Waals surface area contributed by atoms with E-state index in [9.17, 15) is 4.79 Å². The number of carbonyl (C=O) groups is 1. The first-order valence-corrected chi connectivity index (χ1v) is 11.4. The molecule has 0 aliphatic carbocycles. The Bertz CT molecular complexity index is 531. The van der Waals surface area contributed by atoms with E-state index in [2.05, 4.69) is 121 Å². The fraction of sp³-hybridized carbons (Fsp3) is 0.962. The largest absolute Gasteiger partial charge is 0.333 e. The third kappa shape index (κ3) is 8.59. The summed E-state index contributed by atoms with van der Waals surface area (Å²) in [6.45, 7) is 36.6. The molecule has 0 saturated heterocycles. The normalized spacial score (nSPS) is 15.1. The highest BCUT2D eigenvalue weighted by Crippen LogP contribution is 2.38. The maximum Gasteiger partial charge on any atom is 0.229 e. The molecule has 0 heterocycles. The van der Waals surface area contributed by atoms with Crippen molar-refractivity contribution in [3.05, 3.63) is 0 Å². The van der Waals surface area contributed by atoms with Crippen molar-refractivity contribution < 1.29 is 4.79 Å². The Kier molecular flexibility index (Phi) is 8.35. The molecule has 3 heteroatoms. The minimum absolute atomic E-state index is 0.0113. The lowest BCUT2D eigenvalue weighted by molar-refractivity contribution is -0.153. The molecular formula is C26H54N2O. The monoisotopic (exact) mass is 410 g/mol. The smallest absolute Gasteiger partial charge is 0.229 e. The molecule has 0 unspecified atom stereocenters. The van der Waals surface area contributed by atoms with Crippen LogP contribution in [0.25, 0.3) is 0 Å². The van der Waals surface area contributed by atoms with Gasteiger partial charge in [0, 0.05) is 34.1 Å². The summed E-state index contributed by atoms with van der Waals surface area (Å²) in [5.41, 5.74) is -0.489. The van der Waals surface area contributed by atoms with E-state index < -0.39 is 5.41 Å². The summed E-state index contributed by atoms with van der Waals surface area (Å²) in [5.74, 6) is 0.256. The standard InChI is InChI=1S/C26H54N2O/c1-21(2,3)19-27(22(4,5)6)26(15,16)18-17-25(13,14)20(29)28(23(7,8)9)24(10,11)12/h17-19H2,1-16H3. The van der Waals surface area contributed by atoms with Crippen molar-refractivity contribution in [1.29, 1.82) is 0 Å². The second-order valence-corrected chi connectivity index (χ2v) is 14.5. The van der Waals surface area contributed by atoms with Crippen LogP contribution in [0.5, 0.6) is 0 Å². The topological polar surface area (TPSA) is 23.6 Å². The zero-order valence-electron chi connectivity index (χ0n) is 22.9. The highest BCUT2D eigenvalue weighted by atomic mass is 16.2. The lowest BCUT2D eigenvalue weighted by Gasteiger charge is -2.51. The fourth-order valence-electron chi connectivity index (χ4n) is 4.61. The van der Waals surface area contributed by atoms with E-state index in [1.807, 2.05) is 0 Å². The molecule has 0 aromatic carbocycles. The maximum atomic E-state index is 13.7. The van der Waals surface area contributed by atoms with Crippen LogP contribution in [0.3, 0.4) is 0 Å². The van der Waals surface area contributed by atoms with Crippen molar-refractivity contribution in [2.45, 2.75) is 146 Å². The molecule has 0 radical (unpaired) electrons. The van der Waals surface area contributed by atoms with Crippen molar-refractivity contribution in [3.8, 4) is 0 Å². The van der Waals surface area contributed by atoms with E-state index in [1.54, 1.807) is 0 Å². The second kappa shape index (κ2) is 8.52. The SMILES string of the molecule is CC(C)(C)CN(C(C)(C)C)C(C)(C)CCC(C)(C)C(=O)N(C(C)(C)C)C(C)(C)C. The first-order valence-electron chi connectivity index (χ1n) is 11.4. The van der Waals surface area contributed by atoms with E-state index >= 15 is 0 Å². The lowest BCUT2D eigenvalue weighted by Crippen LogP contribution is -2.60. The van der Waals surface area contributed by atoms with Crippen molar-refractivity contribution in [2.24, 2.45) is 10.8 Å². The average molecular weight is 411 g/mol. The number of hydrogen-bond donors (Lipinski definition) is 0. The molecule has 0 saturated carbocycles. The van der Waals surface area contributed by atoms with Gasteiger partial charge in [0.25, 0.3) is 0 Å². The van der Waals surface area contributed by atoms with Gasteiger partial charge in [0.15, 0.2) is 0 Å². The third-order valence-electron chi connectivity index (χ3n) is 5.66. The second-order valence-electron chi connectivity index (χ2n) is 14.5. The Morgan fingerprint density at radius 3 is 1.24 bits per heavy atom. The van der Waals surface area contributed by atoms with Gasteiger partial charge in [-0.3, -0.25) is 9.69 Å². The van der Waals surface area contributed by atoms with Gasteiger partial charge in [0.05, 0.1) is 0 Å². The third-order valence-corrected chi connectivity index (χ3v) is 5.66. The molecule has 0 bridgehead atoms. The maximum absolute atomic E-state index is 13.7. The van der Waals surface area contributed by atoms with Gasteiger partial charge in [0.2, 0.25) is 5.91 Å². The van der Waals surface area contributed by atoms with Gasteiger partial charge in [-0.25, -0.2) is 0 Å². The van der Waals surface area contributed by atoms with Crippen LogP contribution in [0.1, 0.15) is 124 Å². The van der Waals surface area contributed by atoms with Crippen molar-refractivity contribution in [3.63, 3.8) is 0 Å². The van der Waals surface area contributed by atoms with Gasteiger partial charge < -0.3 is 4.90 Å². The predicted molar refractivity (Wildman–Crippen MR) is 129 cm³/mol. The van der Waals surface area contributed by atoms with Crippen LogP contribution in [0, 0.1) is 10.8 Å². The number of hydrogen-bond acceptors (Lipinski definition) is 2. The van der Waals surface area contributed by atoms with Crippen molar-refractivity contribution in [1.82, 2.24) is 9.80 Å². The van der Waals surface area contributed by atoms with Gasteiger partial charge in [-0.1, -0.05) is 34.6 Å². The number of carbonyl (C=O) groups excluding carboxylic acids is 1. The summed E-state index contributed by atoms with van der Waals surface area (Å²) in [6, 6.07) is 0. The van der Waals surface area contributed by atoms with Crippen LogP contribution in [0.4, 0.5) is 0 Å². The first-order chi connectivity index (χ1) is 12.3. The molecule has 174 valence electrons. The molecule has 29 heavy (non-hydrogen) atoms. The van der Waals surface area contributed by atoms with Crippen LogP contribution in [0.15, 0.2) is 0 Å². The Labute approximate surface area is 184 Å². The van der Waals surface area contributed by atoms with Gasteiger partial charge in [-0.05, 0) is 94.4 Å². The summed E-state index contributed by atoms with van der Waals surface area (Å²) in [7, 11) is 0. The van der Waals surface area contributed by atoms with Crippen molar-refractivity contribution in [2.75, 3.05) is 6.54 Å². The molecule has 0 aliphatic heterocycles.